The lowest BCUT2D eigenvalue weighted by molar-refractivity contribution is -0.121. The molecule has 0 bridgehead atoms. The maximum Gasteiger partial charge on any atom is 0.257 e. The van der Waals surface area contributed by atoms with Crippen molar-refractivity contribution >= 4 is 21.3 Å². The molecule has 0 fully saturated rings. The first-order valence-corrected chi connectivity index (χ1v) is 9.71. The number of anilines is 1. The molecule has 1 amide bonds. The minimum atomic E-state index is -2.75. The zero-order chi connectivity index (χ0) is 17.3. The second-order valence-electron chi connectivity index (χ2n) is 6.28. The Morgan fingerprint density at radius 2 is 1.92 bits per heavy atom. The van der Waals surface area contributed by atoms with E-state index in [-0.39, 0.29) is 11.8 Å². The number of nitrogens with zero attached hydrogens (tertiary/aromatic N) is 4. The number of aromatic nitrogens is 3. The van der Waals surface area contributed by atoms with Gasteiger partial charge in [0, 0.05) is 43.3 Å². The second kappa shape index (κ2) is 6.35. The van der Waals surface area contributed by atoms with E-state index in [1.165, 1.54) is 6.26 Å². The monoisotopic (exact) mass is 347 g/mol. The van der Waals surface area contributed by atoms with Gasteiger partial charge in [-0.1, -0.05) is 0 Å². The fraction of sp³-hybridized carbons (Fsp3) is 0.438. The second-order valence-corrected chi connectivity index (χ2v) is 8.54. The molecule has 0 saturated heterocycles. The average molecular weight is 347 g/mol. The van der Waals surface area contributed by atoms with Gasteiger partial charge in [-0.15, -0.1) is 0 Å². The number of aromatic amines is 1. The van der Waals surface area contributed by atoms with Crippen LogP contribution in [0.3, 0.4) is 0 Å². The Labute approximate surface area is 141 Å². The number of fused-ring (bicyclic) bond motifs is 1. The summed E-state index contributed by atoms with van der Waals surface area (Å²) in [7, 11) is 1.12. The highest BCUT2D eigenvalue weighted by Gasteiger charge is 2.28. The molecule has 8 heteroatoms. The summed E-state index contributed by atoms with van der Waals surface area (Å²) >= 11 is 0. The molecular weight excluding hydrogens is 326 g/mol. The summed E-state index contributed by atoms with van der Waals surface area (Å²) in [6.45, 7) is 0. The summed E-state index contributed by atoms with van der Waals surface area (Å²) in [5, 5.41) is 10.7. The van der Waals surface area contributed by atoms with Crippen LogP contribution in [0.5, 0.6) is 0 Å². The van der Waals surface area contributed by atoms with Gasteiger partial charge in [0.2, 0.25) is 0 Å². The number of aryl methyl sites for hydroxylation is 1. The van der Waals surface area contributed by atoms with Gasteiger partial charge in [0.15, 0.2) is 0 Å². The van der Waals surface area contributed by atoms with Crippen LogP contribution in [-0.2, 0) is 27.4 Å². The van der Waals surface area contributed by atoms with E-state index in [0.29, 0.717) is 24.2 Å². The lowest BCUT2D eigenvalue weighted by atomic mass is 9.89. The average Bonchev–Trinajstić information content (AvgIpc) is 3.02. The molecule has 0 radical (unpaired) electrons. The van der Waals surface area contributed by atoms with Gasteiger partial charge >= 0.3 is 0 Å². The highest BCUT2D eigenvalue weighted by Crippen LogP contribution is 2.25. The van der Waals surface area contributed by atoms with Gasteiger partial charge in [-0.3, -0.25) is 4.79 Å². The van der Waals surface area contributed by atoms with Crippen molar-refractivity contribution in [2.75, 3.05) is 25.3 Å². The first-order valence-electron chi connectivity index (χ1n) is 7.79. The van der Waals surface area contributed by atoms with Crippen molar-refractivity contribution in [3.8, 4) is 0 Å². The molecule has 1 aliphatic carbocycles. The molecule has 24 heavy (non-hydrogen) atoms. The van der Waals surface area contributed by atoms with E-state index in [1.807, 2.05) is 31.1 Å². The number of carbonyl (C=O) groups excluding carboxylic acids is 1. The fourth-order valence-corrected chi connectivity index (χ4v) is 4.03. The number of hydrogen-bond donors (Lipinski definition) is 1. The van der Waals surface area contributed by atoms with E-state index in [9.17, 15) is 9.00 Å². The molecule has 1 heterocycles. The molecule has 0 saturated carbocycles. The molecule has 0 spiro atoms. The van der Waals surface area contributed by atoms with Crippen LogP contribution in [0.4, 0.5) is 5.69 Å². The summed E-state index contributed by atoms with van der Waals surface area (Å²) in [5.74, 6) is -0.586. The standard InChI is InChI=1S/C16H21N5O2S/c1-21(2)12-5-7-13(8-6-12)24(3,23)19-16(22)11-4-9-14-15(10-11)18-20-17-14/h5-8,11H,4,9-10H2,1-3H3,(H,17,18,20)/t11-,24+/m0/s1. The molecule has 0 unspecified atom stereocenters. The zero-order valence-corrected chi connectivity index (χ0v) is 14.8. The van der Waals surface area contributed by atoms with Crippen molar-refractivity contribution in [2.24, 2.45) is 10.3 Å². The Morgan fingerprint density at radius 3 is 2.58 bits per heavy atom. The van der Waals surface area contributed by atoms with E-state index in [2.05, 4.69) is 19.8 Å². The summed E-state index contributed by atoms with van der Waals surface area (Å²) < 4.78 is 16.9. The molecule has 7 nitrogen and oxygen atoms in total. The highest BCUT2D eigenvalue weighted by molar-refractivity contribution is 7.93. The largest absolute Gasteiger partial charge is 0.378 e. The van der Waals surface area contributed by atoms with Crippen LogP contribution >= 0.6 is 0 Å². The molecule has 128 valence electrons. The number of H-pyrrole nitrogens is 1. The number of carbonyl (C=O) groups is 1. The van der Waals surface area contributed by atoms with Crippen LogP contribution < -0.4 is 4.90 Å². The number of amides is 1. The van der Waals surface area contributed by atoms with E-state index in [1.54, 1.807) is 12.1 Å². The van der Waals surface area contributed by atoms with Crippen molar-refractivity contribution in [3.63, 3.8) is 0 Å². The van der Waals surface area contributed by atoms with Crippen molar-refractivity contribution in [1.82, 2.24) is 15.4 Å². The van der Waals surface area contributed by atoms with Gasteiger partial charge in [0.1, 0.15) is 0 Å². The lowest BCUT2D eigenvalue weighted by Gasteiger charge is -2.17. The predicted molar refractivity (Wildman–Crippen MR) is 92.4 cm³/mol. The number of rotatable bonds is 3. The molecule has 1 N–H and O–H groups in total. The van der Waals surface area contributed by atoms with E-state index in [0.717, 1.165) is 17.1 Å². The molecule has 3 rings (SSSR count). The molecule has 2 atom stereocenters. The maximum absolute atomic E-state index is 12.9. The van der Waals surface area contributed by atoms with Crippen LogP contribution in [0.25, 0.3) is 0 Å². The Balaban J connectivity index is 1.81. The predicted octanol–water partition coefficient (Wildman–Crippen LogP) is 1.66. The summed E-state index contributed by atoms with van der Waals surface area (Å²) in [5.41, 5.74) is 2.73. The first kappa shape index (κ1) is 16.6. The number of hydrogen-bond acceptors (Lipinski definition) is 5. The van der Waals surface area contributed by atoms with E-state index >= 15 is 0 Å². The normalized spacial score (nSPS) is 19.2. The molecule has 1 aromatic carbocycles. The molecule has 1 aromatic heterocycles. The molecular formula is C16H21N5O2S. The quantitative estimate of drug-likeness (QED) is 0.912. The molecule has 0 aliphatic heterocycles. The van der Waals surface area contributed by atoms with Gasteiger partial charge in [-0.05, 0) is 37.1 Å². The van der Waals surface area contributed by atoms with Gasteiger partial charge in [0.25, 0.3) is 5.91 Å². The molecule has 1 aliphatic rings. The maximum atomic E-state index is 12.9. The lowest BCUT2D eigenvalue weighted by Crippen LogP contribution is -2.22. The number of nitrogens with one attached hydrogen (secondary N) is 1. The van der Waals surface area contributed by atoms with Crippen LogP contribution in [-0.4, -0.2) is 45.9 Å². The highest BCUT2D eigenvalue weighted by atomic mass is 32.2. The Morgan fingerprint density at radius 1 is 1.25 bits per heavy atom. The topological polar surface area (TPSA) is 91.3 Å². The van der Waals surface area contributed by atoms with Crippen LogP contribution in [0.2, 0.25) is 0 Å². The third-order valence-electron chi connectivity index (χ3n) is 4.28. The van der Waals surface area contributed by atoms with Crippen molar-refractivity contribution in [3.05, 3.63) is 35.7 Å². The van der Waals surface area contributed by atoms with Crippen molar-refractivity contribution < 1.29 is 9.00 Å². The van der Waals surface area contributed by atoms with Crippen LogP contribution in [0.1, 0.15) is 17.8 Å². The van der Waals surface area contributed by atoms with Gasteiger partial charge in [-0.2, -0.15) is 19.8 Å². The van der Waals surface area contributed by atoms with Gasteiger partial charge < -0.3 is 4.90 Å². The Hall–Kier alpha value is -2.22. The third kappa shape index (κ3) is 3.33. The van der Waals surface area contributed by atoms with Gasteiger partial charge in [-0.25, -0.2) is 4.21 Å². The third-order valence-corrected chi connectivity index (χ3v) is 5.95. The van der Waals surface area contributed by atoms with Gasteiger partial charge in [0.05, 0.1) is 21.1 Å². The number of benzene rings is 1. The van der Waals surface area contributed by atoms with Crippen molar-refractivity contribution in [1.29, 1.82) is 0 Å². The minimum Gasteiger partial charge on any atom is -0.378 e. The Bertz CT molecular complexity index is 863. The SMILES string of the molecule is CN(C)c1ccc([S@@](C)(=O)=NC(=O)[C@H]2CCc3n[nH]nc3C2)cc1. The summed E-state index contributed by atoms with van der Waals surface area (Å²) in [4.78, 5) is 15.0. The van der Waals surface area contributed by atoms with Crippen LogP contribution in [0, 0.1) is 5.92 Å². The van der Waals surface area contributed by atoms with E-state index < -0.39 is 9.73 Å². The Kier molecular flexibility index (Phi) is 4.40. The first-order chi connectivity index (χ1) is 11.4. The fourth-order valence-electron chi connectivity index (χ4n) is 2.79. The summed E-state index contributed by atoms with van der Waals surface area (Å²) in [6, 6.07) is 7.29. The molecule has 2 aromatic rings. The smallest absolute Gasteiger partial charge is 0.257 e. The summed E-state index contributed by atoms with van der Waals surface area (Å²) in [6.07, 6.45) is 3.38. The zero-order valence-electron chi connectivity index (χ0n) is 14.0. The van der Waals surface area contributed by atoms with Crippen LogP contribution in [0.15, 0.2) is 33.5 Å². The van der Waals surface area contributed by atoms with Crippen molar-refractivity contribution in [2.45, 2.75) is 24.2 Å². The van der Waals surface area contributed by atoms with E-state index in [4.69, 9.17) is 0 Å². The minimum absolute atomic E-state index is 0.274.